The minimum Gasteiger partial charge on any atom is -0.396 e. The normalized spacial score (nSPS) is 19.4. The van der Waals surface area contributed by atoms with Crippen LogP contribution in [-0.4, -0.2) is 53.6 Å². The van der Waals surface area contributed by atoms with Gasteiger partial charge in [-0.15, -0.1) is 17.9 Å². The van der Waals surface area contributed by atoms with E-state index in [4.69, 9.17) is 0 Å². The predicted octanol–water partition coefficient (Wildman–Crippen LogP) is 1.97. The summed E-state index contributed by atoms with van der Waals surface area (Å²) in [5.74, 6) is 0.457. The highest BCUT2D eigenvalue weighted by molar-refractivity contribution is 7.09. The molecule has 1 N–H and O–H groups in total. The highest BCUT2D eigenvalue weighted by atomic mass is 32.1. The van der Waals surface area contributed by atoms with Crippen LogP contribution >= 0.6 is 11.3 Å². The number of carbonyl (C=O) groups excluding carboxylic acids is 1. The molecule has 1 atom stereocenters. The molecular formula is C16H24N2O2S. The molecule has 1 saturated heterocycles. The average Bonchev–Trinajstić information content (AvgIpc) is 3.00. The van der Waals surface area contributed by atoms with E-state index in [0.717, 1.165) is 25.9 Å². The predicted molar refractivity (Wildman–Crippen MR) is 86.2 cm³/mol. The number of rotatable bonds is 7. The summed E-state index contributed by atoms with van der Waals surface area (Å²) in [4.78, 5) is 17.7. The van der Waals surface area contributed by atoms with Crippen molar-refractivity contribution in [1.82, 2.24) is 9.80 Å². The van der Waals surface area contributed by atoms with Crippen LogP contribution in [0, 0.1) is 5.92 Å². The quantitative estimate of drug-likeness (QED) is 0.783. The Morgan fingerprint density at radius 2 is 2.48 bits per heavy atom. The molecule has 0 bridgehead atoms. The summed E-state index contributed by atoms with van der Waals surface area (Å²) >= 11 is 1.67. The van der Waals surface area contributed by atoms with Crippen LogP contribution in [0.3, 0.4) is 0 Å². The van der Waals surface area contributed by atoms with Crippen molar-refractivity contribution < 1.29 is 9.90 Å². The molecule has 1 amide bonds. The van der Waals surface area contributed by atoms with Gasteiger partial charge in [0.05, 0.1) is 13.1 Å². The number of nitrogens with zero attached hydrogens (tertiary/aromatic N) is 2. The van der Waals surface area contributed by atoms with Crippen LogP contribution in [0.2, 0.25) is 0 Å². The third-order valence-electron chi connectivity index (χ3n) is 3.85. The zero-order valence-electron chi connectivity index (χ0n) is 12.4. The summed E-state index contributed by atoms with van der Waals surface area (Å²) in [6.07, 6.45) is 3.90. The molecule has 21 heavy (non-hydrogen) atoms. The van der Waals surface area contributed by atoms with Crippen molar-refractivity contribution in [2.24, 2.45) is 5.92 Å². The van der Waals surface area contributed by atoms with Crippen molar-refractivity contribution in [3.8, 4) is 0 Å². The smallest absolute Gasteiger partial charge is 0.237 e. The first-order valence-corrected chi connectivity index (χ1v) is 8.35. The second kappa shape index (κ2) is 8.32. The molecule has 1 unspecified atom stereocenters. The van der Waals surface area contributed by atoms with Gasteiger partial charge in [-0.1, -0.05) is 12.1 Å². The lowest BCUT2D eigenvalue weighted by atomic mass is 9.99. The van der Waals surface area contributed by atoms with Crippen molar-refractivity contribution in [2.75, 3.05) is 32.8 Å². The van der Waals surface area contributed by atoms with Crippen LogP contribution in [0.5, 0.6) is 0 Å². The molecule has 116 valence electrons. The van der Waals surface area contributed by atoms with Crippen LogP contribution < -0.4 is 0 Å². The van der Waals surface area contributed by atoms with E-state index >= 15 is 0 Å². The van der Waals surface area contributed by atoms with Gasteiger partial charge in [0.2, 0.25) is 5.91 Å². The van der Waals surface area contributed by atoms with Crippen molar-refractivity contribution in [1.29, 1.82) is 0 Å². The molecule has 0 aromatic carbocycles. The molecule has 0 spiro atoms. The van der Waals surface area contributed by atoms with Gasteiger partial charge < -0.3 is 10.0 Å². The maximum atomic E-state index is 12.5. The molecule has 0 radical (unpaired) electrons. The first-order valence-electron chi connectivity index (χ1n) is 7.47. The van der Waals surface area contributed by atoms with Gasteiger partial charge in [-0.2, -0.15) is 0 Å². The Morgan fingerprint density at radius 1 is 1.62 bits per heavy atom. The van der Waals surface area contributed by atoms with E-state index in [1.54, 1.807) is 17.4 Å². The minimum atomic E-state index is 0.141. The number of thiophene rings is 1. The number of aliphatic hydroxyl groups is 1. The van der Waals surface area contributed by atoms with Crippen LogP contribution in [0.1, 0.15) is 17.7 Å². The van der Waals surface area contributed by atoms with E-state index in [9.17, 15) is 9.90 Å². The Morgan fingerprint density at radius 3 is 3.14 bits per heavy atom. The van der Waals surface area contributed by atoms with Gasteiger partial charge in [0.15, 0.2) is 0 Å². The molecule has 1 aliphatic heterocycles. The van der Waals surface area contributed by atoms with E-state index in [-0.39, 0.29) is 12.5 Å². The first kappa shape index (κ1) is 16.2. The molecule has 1 aromatic rings. The lowest BCUT2D eigenvalue weighted by molar-refractivity contribution is -0.133. The molecule has 1 aromatic heterocycles. The zero-order chi connectivity index (χ0) is 15.1. The Bertz CT molecular complexity index is 447. The molecule has 5 heteroatoms. The second-order valence-corrected chi connectivity index (χ2v) is 6.60. The summed E-state index contributed by atoms with van der Waals surface area (Å²) in [5, 5.41) is 11.3. The van der Waals surface area contributed by atoms with Crippen molar-refractivity contribution in [3.63, 3.8) is 0 Å². The van der Waals surface area contributed by atoms with Crippen LogP contribution in [0.15, 0.2) is 30.2 Å². The highest BCUT2D eigenvalue weighted by Gasteiger charge is 2.23. The van der Waals surface area contributed by atoms with Gasteiger partial charge in [0, 0.05) is 24.6 Å². The topological polar surface area (TPSA) is 43.8 Å². The fourth-order valence-corrected chi connectivity index (χ4v) is 3.46. The SMILES string of the molecule is C=CCN(Cc1cccs1)C(=O)CN1CCCC(CO)C1. The van der Waals surface area contributed by atoms with Crippen molar-refractivity contribution >= 4 is 17.2 Å². The number of amides is 1. The third-order valence-corrected chi connectivity index (χ3v) is 4.71. The molecule has 4 nitrogen and oxygen atoms in total. The number of carbonyl (C=O) groups is 1. The maximum absolute atomic E-state index is 12.5. The molecule has 1 fully saturated rings. The zero-order valence-corrected chi connectivity index (χ0v) is 13.2. The summed E-state index contributed by atoms with van der Waals surface area (Å²) in [7, 11) is 0. The largest absolute Gasteiger partial charge is 0.396 e. The molecule has 2 heterocycles. The van der Waals surface area contributed by atoms with Gasteiger partial charge in [-0.3, -0.25) is 9.69 Å². The lowest BCUT2D eigenvalue weighted by Crippen LogP contribution is -2.44. The highest BCUT2D eigenvalue weighted by Crippen LogP contribution is 2.17. The first-order chi connectivity index (χ1) is 10.2. The number of hydrogen-bond donors (Lipinski definition) is 1. The monoisotopic (exact) mass is 308 g/mol. The summed E-state index contributed by atoms with van der Waals surface area (Å²) in [5.41, 5.74) is 0. The van der Waals surface area contributed by atoms with Gasteiger partial charge in [0.25, 0.3) is 0 Å². The van der Waals surface area contributed by atoms with E-state index < -0.39 is 0 Å². The molecule has 2 rings (SSSR count). The second-order valence-electron chi connectivity index (χ2n) is 5.57. The Balaban J connectivity index is 1.90. The van der Waals surface area contributed by atoms with E-state index in [0.29, 0.717) is 25.6 Å². The summed E-state index contributed by atoms with van der Waals surface area (Å²) in [6, 6.07) is 4.06. The van der Waals surface area contributed by atoms with Crippen LogP contribution in [-0.2, 0) is 11.3 Å². The molecule has 0 aliphatic carbocycles. The lowest BCUT2D eigenvalue weighted by Gasteiger charge is -2.32. The van der Waals surface area contributed by atoms with Gasteiger partial charge in [-0.25, -0.2) is 0 Å². The maximum Gasteiger partial charge on any atom is 0.237 e. The van der Waals surface area contributed by atoms with E-state index in [1.165, 1.54) is 4.88 Å². The summed E-state index contributed by atoms with van der Waals surface area (Å²) in [6.45, 7) is 7.41. The van der Waals surface area contributed by atoms with Crippen LogP contribution in [0.4, 0.5) is 0 Å². The molecule has 1 aliphatic rings. The molecule has 0 saturated carbocycles. The van der Waals surface area contributed by atoms with Crippen molar-refractivity contribution in [2.45, 2.75) is 19.4 Å². The summed E-state index contributed by atoms with van der Waals surface area (Å²) < 4.78 is 0. The fraction of sp³-hybridized carbons (Fsp3) is 0.562. The van der Waals surface area contributed by atoms with Crippen LogP contribution in [0.25, 0.3) is 0 Å². The third kappa shape index (κ3) is 4.95. The number of piperidine rings is 1. The van der Waals surface area contributed by atoms with Gasteiger partial charge in [-0.05, 0) is 36.8 Å². The van der Waals surface area contributed by atoms with E-state index in [1.807, 2.05) is 16.3 Å². The average molecular weight is 308 g/mol. The van der Waals surface area contributed by atoms with E-state index in [2.05, 4.69) is 17.5 Å². The van der Waals surface area contributed by atoms with Gasteiger partial charge in [0.1, 0.15) is 0 Å². The number of aliphatic hydroxyl groups excluding tert-OH is 1. The van der Waals surface area contributed by atoms with Crippen molar-refractivity contribution in [3.05, 3.63) is 35.0 Å². The molecular weight excluding hydrogens is 284 g/mol. The Labute approximate surface area is 130 Å². The number of hydrogen-bond acceptors (Lipinski definition) is 4. The Kier molecular flexibility index (Phi) is 6.42. The minimum absolute atomic E-state index is 0.141. The number of likely N-dealkylation sites (tertiary alicyclic amines) is 1. The van der Waals surface area contributed by atoms with Gasteiger partial charge >= 0.3 is 0 Å². The fourth-order valence-electron chi connectivity index (χ4n) is 2.74. The Hall–Kier alpha value is -1.17. The standard InChI is InChI=1S/C16H24N2O2S/c1-2-7-18(11-15-6-4-9-21-15)16(20)12-17-8-3-5-14(10-17)13-19/h2,4,6,9,14,19H,1,3,5,7-8,10-13H2.